The number of hydrogen-bond acceptors (Lipinski definition) is 6. The molecule has 1 aromatic heterocycles. The molecule has 0 spiro atoms. The van der Waals surface area contributed by atoms with Crippen molar-refractivity contribution in [2.45, 2.75) is 45.6 Å². The second-order valence-electron chi connectivity index (χ2n) is 7.22. The maximum atomic E-state index is 12.9. The molecular formula is C20H25FN2O4S. The van der Waals surface area contributed by atoms with Crippen molar-refractivity contribution in [3.8, 4) is 0 Å². The van der Waals surface area contributed by atoms with Crippen molar-refractivity contribution in [3.05, 3.63) is 51.7 Å². The van der Waals surface area contributed by atoms with Crippen LogP contribution in [0.2, 0.25) is 0 Å². The van der Waals surface area contributed by atoms with E-state index in [1.807, 2.05) is 5.38 Å². The zero-order chi connectivity index (χ0) is 20.6. The van der Waals surface area contributed by atoms with E-state index in [2.05, 4.69) is 10.3 Å². The summed E-state index contributed by atoms with van der Waals surface area (Å²) in [5.41, 5.74) is 1.07. The number of thiazole rings is 1. The Labute approximate surface area is 168 Å². The van der Waals surface area contributed by atoms with Crippen LogP contribution in [0.15, 0.2) is 29.6 Å². The number of nitrogens with one attached hydrogen (secondary N) is 1. The van der Waals surface area contributed by atoms with Crippen molar-refractivity contribution < 1.29 is 23.5 Å². The maximum Gasteiger partial charge on any atom is 0.407 e. The van der Waals surface area contributed by atoms with Crippen molar-refractivity contribution in [1.29, 1.82) is 0 Å². The van der Waals surface area contributed by atoms with Gasteiger partial charge in [0.2, 0.25) is 0 Å². The van der Waals surface area contributed by atoms with E-state index in [1.54, 1.807) is 32.9 Å². The quantitative estimate of drug-likeness (QED) is 0.530. The van der Waals surface area contributed by atoms with E-state index in [0.29, 0.717) is 25.1 Å². The number of carbonyl (C=O) groups is 2. The van der Waals surface area contributed by atoms with E-state index in [0.717, 1.165) is 10.6 Å². The van der Waals surface area contributed by atoms with Crippen molar-refractivity contribution in [2.75, 3.05) is 13.2 Å². The highest BCUT2D eigenvalue weighted by Crippen LogP contribution is 2.16. The molecule has 0 aliphatic carbocycles. The second-order valence-corrected chi connectivity index (χ2v) is 8.16. The summed E-state index contributed by atoms with van der Waals surface area (Å²) in [5.74, 6) is -0.636. The van der Waals surface area contributed by atoms with Crippen molar-refractivity contribution >= 4 is 23.4 Å². The van der Waals surface area contributed by atoms with Crippen molar-refractivity contribution in [2.24, 2.45) is 0 Å². The molecule has 8 heteroatoms. The van der Waals surface area contributed by atoms with Gasteiger partial charge in [-0.3, -0.25) is 4.79 Å². The summed E-state index contributed by atoms with van der Waals surface area (Å²) in [6.07, 6.45) is 0.697. The molecule has 28 heavy (non-hydrogen) atoms. The Kier molecular flexibility index (Phi) is 7.92. The molecule has 0 saturated heterocycles. The van der Waals surface area contributed by atoms with Crippen LogP contribution in [0.25, 0.3) is 0 Å². The smallest absolute Gasteiger partial charge is 0.407 e. The number of aromatic nitrogens is 1. The molecule has 1 amide bonds. The molecule has 2 aromatic rings. The van der Waals surface area contributed by atoms with Crippen molar-refractivity contribution in [1.82, 2.24) is 10.3 Å². The number of amides is 1. The monoisotopic (exact) mass is 408 g/mol. The van der Waals surface area contributed by atoms with Gasteiger partial charge in [-0.25, -0.2) is 14.2 Å². The fourth-order valence-corrected chi connectivity index (χ4v) is 3.08. The van der Waals surface area contributed by atoms with Crippen LogP contribution < -0.4 is 5.32 Å². The van der Waals surface area contributed by atoms with Crippen LogP contribution in [0.3, 0.4) is 0 Å². The first kappa shape index (κ1) is 21.8. The molecule has 0 saturated carbocycles. The van der Waals surface area contributed by atoms with Gasteiger partial charge in [0, 0.05) is 18.3 Å². The first-order valence-electron chi connectivity index (χ1n) is 9.01. The molecule has 0 atom stereocenters. The van der Waals surface area contributed by atoms with Gasteiger partial charge in [-0.2, -0.15) is 0 Å². The van der Waals surface area contributed by atoms with Gasteiger partial charge in [0.1, 0.15) is 11.4 Å². The number of carbonyl (C=O) groups excluding carboxylic acids is 2. The summed E-state index contributed by atoms with van der Waals surface area (Å²) < 4.78 is 23.2. The van der Waals surface area contributed by atoms with Gasteiger partial charge in [-0.15, -0.1) is 11.3 Å². The second kappa shape index (κ2) is 10.2. The summed E-state index contributed by atoms with van der Waals surface area (Å²) in [7, 11) is 0. The summed E-state index contributed by atoms with van der Waals surface area (Å²) in [6.45, 7) is 5.94. The lowest BCUT2D eigenvalue weighted by atomic mass is 10.1. The molecule has 152 valence electrons. The van der Waals surface area contributed by atoms with Gasteiger partial charge < -0.3 is 14.8 Å². The lowest BCUT2D eigenvalue weighted by Gasteiger charge is -2.19. The lowest BCUT2D eigenvalue weighted by molar-refractivity contribution is -0.142. The predicted octanol–water partition coefficient (Wildman–Crippen LogP) is 3.87. The molecule has 0 bridgehead atoms. The van der Waals surface area contributed by atoms with Crippen LogP contribution >= 0.6 is 11.3 Å². The first-order valence-corrected chi connectivity index (χ1v) is 9.89. The summed E-state index contributed by atoms with van der Waals surface area (Å²) in [5, 5.41) is 5.29. The third kappa shape index (κ3) is 8.47. The number of benzene rings is 1. The van der Waals surface area contributed by atoms with Gasteiger partial charge in [-0.1, -0.05) is 12.1 Å². The third-order valence-electron chi connectivity index (χ3n) is 3.45. The fraction of sp³-hybridized carbons (Fsp3) is 0.450. The Morgan fingerprint density at radius 2 is 1.93 bits per heavy atom. The SMILES string of the molecule is CC(C)(C)OC(=O)NCCCOC(=O)Cc1csc(Cc2ccc(F)cc2)n1. The molecule has 0 fully saturated rings. The van der Waals surface area contributed by atoms with Crippen molar-refractivity contribution in [3.63, 3.8) is 0 Å². The van der Waals surface area contributed by atoms with Crippen LogP contribution in [0, 0.1) is 5.82 Å². The van der Waals surface area contributed by atoms with Gasteiger partial charge in [0.05, 0.1) is 23.7 Å². The molecule has 0 aliphatic rings. The van der Waals surface area contributed by atoms with E-state index in [-0.39, 0.29) is 24.8 Å². The zero-order valence-corrected chi connectivity index (χ0v) is 17.1. The Morgan fingerprint density at radius 1 is 1.21 bits per heavy atom. The van der Waals surface area contributed by atoms with Crippen LogP contribution in [-0.2, 0) is 27.1 Å². The minimum atomic E-state index is -0.542. The van der Waals surface area contributed by atoms with E-state index >= 15 is 0 Å². The molecule has 0 aliphatic heterocycles. The number of rotatable bonds is 8. The predicted molar refractivity (Wildman–Crippen MR) is 105 cm³/mol. The maximum absolute atomic E-state index is 12.9. The fourth-order valence-electron chi connectivity index (χ4n) is 2.25. The summed E-state index contributed by atoms with van der Waals surface area (Å²) in [4.78, 5) is 27.8. The molecule has 1 heterocycles. The Hall–Kier alpha value is -2.48. The highest BCUT2D eigenvalue weighted by molar-refractivity contribution is 7.09. The Morgan fingerprint density at radius 3 is 2.61 bits per heavy atom. The summed E-state index contributed by atoms with van der Waals surface area (Å²) in [6, 6.07) is 6.27. The highest BCUT2D eigenvalue weighted by Gasteiger charge is 2.15. The highest BCUT2D eigenvalue weighted by atomic mass is 32.1. The minimum Gasteiger partial charge on any atom is -0.465 e. The zero-order valence-electron chi connectivity index (χ0n) is 16.3. The van der Waals surface area contributed by atoms with Crippen LogP contribution in [-0.4, -0.2) is 35.8 Å². The molecule has 6 nitrogen and oxygen atoms in total. The molecule has 2 rings (SSSR count). The molecule has 0 radical (unpaired) electrons. The summed E-state index contributed by atoms with van der Waals surface area (Å²) >= 11 is 1.46. The Bertz CT molecular complexity index is 784. The third-order valence-corrected chi connectivity index (χ3v) is 4.34. The number of nitrogens with zero attached hydrogens (tertiary/aromatic N) is 1. The van der Waals surface area contributed by atoms with Gasteiger partial charge >= 0.3 is 12.1 Å². The average molecular weight is 408 g/mol. The van der Waals surface area contributed by atoms with Gasteiger partial charge in [-0.05, 0) is 44.9 Å². The number of hydrogen-bond donors (Lipinski definition) is 1. The largest absolute Gasteiger partial charge is 0.465 e. The standard InChI is InChI=1S/C20H25FN2O4S/c1-20(2,3)27-19(25)22-9-4-10-26-18(24)12-16-13-28-17(23-16)11-14-5-7-15(21)8-6-14/h5-8,13H,4,9-12H2,1-3H3,(H,22,25). The van der Waals surface area contributed by atoms with Crippen LogP contribution in [0.4, 0.5) is 9.18 Å². The molecular weight excluding hydrogens is 383 g/mol. The average Bonchev–Trinajstić information content (AvgIpc) is 3.02. The number of ether oxygens (including phenoxy) is 2. The van der Waals surface area contributed by atoms with Gasteiger partial charge in [0.25, 0.3) is 0 Å². The van der Waals surface area contributed by atoms with E-state index in [1.165, 1.54) is 23.5 Å². The lowest BCUT2D eigenvalue weighted by Crippen LogP contribution is -2.33. The number of alkyl carbamates (subject to hydrolysis) is 1. The van der Waals surface area contributed by atoms with Gasteiger partial charge in [0.15, 0.2) is 0 Å². The van der Waals surface area contributed by atoms with Crippen LogP contribution in [0.1, 0.15) is 43.5 Å². The van der Waals surface area contributed by atoms with E-state index < -0.39 is 11.7 Å². The first-order chi connectivity index (χ1) is 13.2. The number of esters is 1. The molecule has 0 unspecified atom stereocenters. The van der Waals surface area contributed by atoms with E-state index in [4.69, 9.17) is 9.47 Å². The number of halogens is 1. The molecule has 1 N–H and O–H groups in total. The Balaban J connectivity index is 1.65. The minimum absolute atomic E-state index is 0.0966. The topological polar surface area (TPSA) is 77.5 Å². The normalized spacial score (nSPS) is 11.1. The van der Waals surface area contributed by atoms with E-state index in [9.17, 15) is 14.0 Å². The molecule has 1 aromatic carbocycles. The van der Waals surface area contributed by atoms with Crippen LogP contribution in [0.5, 0.6) is 0 Å².